The van der Waals surface area contributed by atoms with E-state index in [0.29, 0.717) is 17.9 Å². The smallest absolute Gasteiger partial charge is 0.185 e. The van der Waals surface area contributed by atoms with E-state index >= 15 is 0 Å². The third kappa shape index (κ3) is 3.04. The van der Waals surface area contributed by atoms with Gasteiger partial charge in [-0.1, -0.05) is 36.4 Å². The Hall–Kier alpha value is -3.33. The van der Waals surface area contributed by atoms with E-state index in [0.717, 1.165) is 22.3 Å². The fourth-order valence-electron chi connectivity index (χ4n) is 2.96. The molecule has 0 spiro atoms. The summed E-state index contributed by atoms with van der Waals surface area (Å²) in [5.74, 6) is 0.824. The molecule has 0 atom stereocenters. The van der Waals surface area contributed by atoms with Gasteiger partial charge >= 0.3 is 0 Å². The molecule has 0 aromatic heterocycles. The number of carbonyl (C=O) groups excluding carboxylic acids is 1. The first-order chi connectivity index (χ1) is 12.2. The predicted molar refractivity (Wildman–Crippen MR) is 102 cm³/mol. The van der Waals surface area contributed by atoms with Crippen molar-refractivity contribution in [3.63, 3.8) is 0 Å². The maximum absolute atomic E-state index is 12.3. The molecule has 3 nitrogen and oxygen atoms in total. The van der Waals surface area contributed by atoms with Crippen LogP contribution in [0, 0.1) is 0 Å². The van der Waals surface area contributed by atoms with E-state index in [1.165, 1.54) is 5.39 Å². The summed E-state index contributed by atoms with van der Waals surface area (Å²) in [7, 11) is 0. The van der Waals surface area contributed by atoms with E-state index in [1.54, 1.807) is 30.3 Å². The Morgan fingerprint density at radius 2 is 1.80 bits per heavy atom. The van der Waals surface area contributed by atoms with Gasteiger partial charge in [0.15, 0.2) is 5.78 Å². The molecule has 1 aliphatic rings. The average Bonchev–Trinajstić information content (AvgIpc) is 2.66. The Morgan fingerprint density at radius 3 is 2.64 bits per heavy atom. The Kier molecular flexibility index (Phi) is 3.82. The summed E-state index contributed by atoms with van der Waals surface area (Å²) in [6, 6.07) is 19.2. The number of carbonyl (C=O) groups is 1. The maximum atomic E-state index is 12.3. The first kappa shape index (κ1) is 15.2. The van der Waals surface area contributed by atoms with Gasteiger partial charge in [-0.05, 0) is 58.8 Å². The number of nitrogen functional groups attached to an aromatic ring is 1. The number of anilines is 1. The van der Waals surface area contributed by atoms with Gasteiger partial charge in [-0.2, -0.15) is 0 Å². The number of fused-ring (bicyclic) bond motifs is 3. The second kappa shape index (κ2) is 6.29. The molecule has 0 aliphatic carbocycles. The standard InChI is InChI=1S/C22H17NO2/c23-18-9-6-17(7-10-18)21(24)11-5-15-13-20-19-4-2-1-3-16(19)8-12-22(20)25-14-15/h1-13H,14,23H2/b11-5+. The van der Waals surface area contributed by atoms with E-state index in [9.17, 15) is 4.79 Å². The second-order valence-corrected chi connectivity index (χ2v) is 6.03. The summed E-state index contributed by atoms with van der Waals surface area (Å²) in [4.78, 5) is 12.3. The molecular formula is C22H17NO2. The molecule has 0 saturated heterocycles. The minimum absolute atomic E-state index is 0.0513. The molecule has 2 N–H and O–H groups in total. The number of nitrogens with two attached hydrogens (primary N) is 1. The summed E-state index contributed by atoms with van der Waals surface area (Å²) in [5.41, 5.74) is 8.94. The van der Waals surface area contributed by atoms with Crippen LogP contribution in [0.15, 0.2) is 78.4 Å². The Morgan fingerprint density at radius 1 is 1.00 bits per heavy atom. The molecule has 0 radical (unpaired) electrons. The van der Waals surface area contributed by atoms with Crippen molar-refractivity contribution in [2.45, 2.75) is 0 Å². The molecule has 0 amide bonds. The van der Waals surface area contributed by atoms with Crippen molar-refractivity contribution >= 4 is 28.3 Å². The molecule has 122 valence electrons. The van der Waals surface area contributed by atoms with Crippen LogP contribution >= 0.6 is 0 Å². The lowest BCUT2D eigenvalue weighted by Crippen LogP contribution is -2.06. The Bertz CT molecular complexity index is 1010. The monoisotopic (exact) mass is 327 g/mol. The summed E-state index contributed by atoms with van der Waals surface area (Å²) < 4.78 is 5.85. The summed E-state index contributed by atoms with van der Waals surface area (Å²) in [6.45, 7) is 0.455. The van der Waals surface area contributed by atoms with Gasteiger partial charge in [-0.3, -0.25) is 4.79 Å². The highest BCUT2D eigenvalue weighted by Gasteiger charge is 2.13. The summed E-state index contributed by atoms with van der Waals surface area (Å²) in [5, 5.41) is 2.32. The fourth-order valence-corrected chi connectivity index (χ4v) is 2.96. The minimum atomic E-state index is -0.0513. The Labute approximate surface area is 146 Å². The molecule has 0 bridgehead atoms. The first-order valence-corrected chi connectivity index (χ1v) is 8.14. The highest BCUT2D eigenvalue weighted by molar-refractivity contribution is 6.05. The molecule has 3 heteroatoms. The van der Waals surface area contributed by atoms with Gasteiger partial charge in [0.1, 0.15) is 12.4 Å². The van der Waals surface area contributed by atoms with Gasteiger partial charge in [-0.15, -0.1) is 0 Å². The van der Waals surface area contributed by atoms with Crippen LogP contribution in [0.2, 0.25) is 0 Å². The number of hydrogen-bond acceptors (Lipinski definition) is 3. The molecule has 1 aliphatic heterocycles. The molecule has 0 unspecified atom stereocenters. The Balaban J connectivity index is 1.64. The van der Waals surface area contributed by atoms with Crippen molar-refractivity contribution in [2.75, 3.05) is 12.3 Å². The number of allylic oxidation sites excluding steroid dienone is 1. The lowest BCUT2D eigenvalue weighted by atomic mass is 9.99. The van der Waals surface area contributed by atoms with Crippen LogP contribution in [0.5, 0.6) is 5.75 Å². The molecule has 4 rings (SSSR count). The normalized spacial score (nSPS) is 13.4. The molecule has 3 aromatic rings. The molecular weight excluding hydrogens is 310 g/mol. The highest BCUT2D eigenvalue weighted by Crippen LogP contribution is 2.33. The largest absolute Gasteiger partial charge is 0.488 e. The predicted octanol–water partition coefficient (Wildman–Crippen LogP) is 4.64. The van der Waals surface area contributed by atoms with Gasteiger partial charge in [0.2, 0.25) is 0 Å². The van der Waals surface area contributed by atoms with E-state index < -0.39 is 0 Å². The summed E-state index contributed by atoms with van der Waals surface area (Å²) >= 11 is 0. The van der Waals surface area contributed by atoms with Crippen molar-refractivity contribution in [3.05, 3.63) is 89.5 Å². The van der Waals surface area contributed by atoms with Crippen molar-refractivity contribution in [3.8, 4) is 5.75 Å². The molecule has 1 heterocycles. The van der Waals surface area contributed by atoms with Crippen LogP contribution in [0.3, 0.4) is 0 Å². The van der Waals surface area contributed by atoms with Gasteiger partial charge in [-0.25, -0.2) is 0 Å². The van der Waals surface area contributed by atoms with Crippen LogP contribution in [0.4, 0.5) is 5.69 Å². The molecule has 0 saturated carbocycles. The maximum Gasteiger partial charge on any atom is 0.185 e. The second-order valence-electron chi connectivity index (χ2n) is 6.03. The number of benzene rings is 3. The molecule has 0 fully saturated rings. The quantitative estimate of drug-likeness (QED) is 0.433. The van der Waals surface area contributed by atoms with E-state index in [4.69, 9.17) is 10.5 Å². The van der Waals surface area contributed by atoms with Crippen LogP contribution in [-0.4, -0.2) is 12.4 Å². The van der Waals surface area contributed by atoms with Crippen LogP contribution in [0.1, 0.15) is 15.9 Å². The zero-order valence-corrected chi connectivity index (χ0v) is 13.6. The van der Waals surface area contributed by atoms with Crippen molar-refractivity contribution in [1.29, 1.82) is 0 Å². The van der Waals surface area contributed by atoms with Gasteiger partial charge in [0, 0.05) is 16.8 Å². The topological polar surface area (TPSA) is 52.3 Å². The molecule has 25 heavy (non-hydrogen) atoms. The van der Waals surface area contributed by atoms with E-state index in [-0.39, 0.29) is 5.78 Å². The minimum Gasteiger partial charge on any atom is -0.488 e. The average molecular weight is 327 g/mol. The third-order valence-electron chi connectivity index (χ3n) is 4.30. The highest BCUT2D eigenvalue weighted by atomic mass is 16.5. The van der Waals surface area contributed by atoms with Crippen molar-refractivity contribution in [1.82, 2.24) is 0 Å². The number of ether oxygens (including phenoxy) is 1. The SMILES string of the molecule is Nc1ccc(C(=O)/C=C/C2=Cc3c(ccc4ccccc34)OC2)cc1. The lowest BCUT2D eigenvalue weighted by molar-refractivity contribution is 0.104. The number of rotatable bonds is 3. The lowest BCUT2D eigenvalue weighted by Gasteiger charge is -2.18. The van der Waals surface area contributed by atoms with E-state index in [1.807, 2.05) is 24.3 Å². The van der Waals surface area contributed by atoms with Crippen LogP contribution in [0.25, 0.3) is 16.8 Å². The fraction of sp³-hybridized carbons (Fsp3) is 0.0455. The molecule has 3 aromatic carbocycles. The third-order valence-corrected chi connectivity index (χ3v) is 4.30. The van der Waals surface area contributed by atoms with Gasteiger partial charge < -0.3 is 10.5 Å². The zero-order chi connectivity index (χ0) is 17.2. The van der Waals surface area contributed by atoms with Crippen LogP contribution < -0.4 is 10.5 Å². The van der Waals surface area contributed by atoms with Crippen molar-refractivity contribution < 1.29 is 9.53 Å². The van der Waals surface area contributed by atoms with Gasteiger partial charge in [0.25, 0.3) is 0 Å². The van der Waals surface area contributed by atoms with Crippen molar-refractivity contribution in [2.24, 2.45) is 0 Å². The zero-order valence-electron chi connectivity index (χ0n) is 13.6. The number of ketones is 1. The van der Waals surface area contributed by atoms with Crippen LogP contribution in [-0.2, 0) is 0 Å². The number of hydrogen-bond donors (Lipinski definition) is 1. The summed E-state index contributed by atoms with van der Waals surface area (Å²) in [6.07, 6.45) is 5.49. The first-order valence-electron chi connectivity index (χ1n) is 8.14. The van der Waals surface area contributed by atoms with Gasteiger partial charge in [0.05, 0.1) is 0 Å². The van der Waals surface area contributed by atoms with E-state index in [2.05, 4.69) is 24.3 Å².